The Morgan fingerprint density at radius 3 is 2.38 bits per heavy atom. The van der Waals surface area contributed by atoms with Crippen LogP contribution in [-0.2, 0) is 19.6 Å². The van der Waals surface area contributed by atoms with Gasteiger partial charge >= 0.3 is 0 Å². The Bertz CT molecular complexity index is 1060. The summed E-state index contributed by atoms with van der Waals surface area (Å²) in [6.45, 7) is 2.19. The zero-order valence-corrected chi connectivity index (χ0v) is 17.8. The van der Waals surface area contributed by atoms with Gasteiger partial charge in [-0.25, -0.2) is 8.42 Å². The van der Waals surface area contributed by atoms with Gasteiger partial charge in [0.15, 0.2) is 5.75 Å². The van der Waals surface area contributed by atoms with Gasteiger partial charge in [0.25, 0.3) is 20.9 Å². The molecule has 0 bridgehead atoms. The summed E-state index contributed by atoms with van der Waals surface area (Å²) >= 11 is 5.97. The number of hydrogen-bond donors (Lipinski definition) is 3. The monoisotopic (exact) mass is 447 g/mol. The minimum atomic E-state index is -4.28. The van der Waals surface area contributed by atoms with Crippen molar-refractivity contribution in [1.29, 1.82) is 0 Å². The molecule has 0 fully saturated rings. The lowest BCUT2D eigenvalue weighted by atomic mass is 10.1. The number of halogens is 1. The van der Waals surface area contributed by atoms with E-state index < -0.39 is 31.5 Å². The number of rotatable bonds is 10. The molecule has 2 rings (SSSR count). The number of phenols is 1. The molecule has 1 unspecified atom stereocenters. The van der Waals surface area contributed by atoms with E-state index in [0.717, 1.165) is 14.2 Å². The maximum atomic E-state index is 12.5. The molecule has 0 amide bonds. The third-order valence-electron chi connectivity index (χ3n) is 4.32. The van der Waals surface area contributed by atoms with Gasteiger partial charge in [-0.1, -0.05) is 23.0 Å². The molecule has 2 aromatic carbocycles. The van der Waals surface area contributed by atoms with Crippen molar-refractivity contribution in [2.24, 2.45) is 0 Å². The molecule has 0 saturated heterocycles. The third-order valence-corrected chi connectivity index (χ3v) is 6.50. The van der Waals surface area contributed by atoms with Crippen molar-refractivity contribution in [2.75, 3.05) is 38.5 Å². The van der Waals surface area contributed by atoms with E-state index in [-0.39, 0.29) is 28.1 Å². The maximum Gasteiger partial charge on any atom is 0.269 e. The molecule has 10 nitrogen and oxygen atoms in total. The predicted octanol–water partition coefficient (Wildman–Crippen LogP) is 1.40. The van der Waals surface area contributed by atoms with E-state index in [4.69, 9.17) is 16.3 Å². The average Bonchev–Trinajstić information content (AvgIpc) is 2.69. The summed E-state index contributed by atoms with van der Waals surface area (Å²) in [5, 5.41) is 15.8. The number of hydroxylamine groups is 1. The normalized spacial score (nSPS) is 13.0. The number of methoxy groups -OCH3 is 1. The molecule has 2 aromatic rings. The Labute approximate surface area is 172 Å². The smallest absolute Gasteiger partial charge is 0.269 e. The minimum absolute atomic E-state index is 0.0340. The molecule has 0 aliphatic rings. The van der Waals surface area contributed by atoms with Gasteiger partial charge in [-0.3, -0.25) is 14.4 Å². The average molecular weight is 448 g/mol. The lowest BCUT2D eigenvalue weighted by Crippen LogP contribution is -2.40. The number of hydrogen-bond acceptors (Lipinski definition) is 9. The Morgan fingerprint density at radius 2 is 1.83 bits per heavy atom. The van der Waals surface area contributed by atoms with E-state index in [0.29, 0.717) is 17.5 Å². The molecule has 160 valence electrons. The van der Waals surface area contributed by atoms with E-state index >= 15 is 0 Å². The summed E-state index contributed by atoms with van der Waals surface area (Å²) in [6, 6.07) is 2.31. The second-order valence-corrected chi connectivity index (χ2v) is 8.39. The van der Waals surface area contributed by atoms with Crippen molar-refractivity contribution >= 4 is 38.7 Å². The number of nitrogens with one attached hydrogen (secondary N) is 2. The summed E-state index contributed by atoms with van der Waals surface area (Å²) in [4.78, 5) is 28.1. The molecule has 0 aromatic heterocycles. The topological polar surface area (TPSA) is 134 Å². The van der Waals surface area contributed by atoms with Gasteiger partial charge in [-0.15, -0.1) is 0 Å². The van der Waals surface area contributed by atoms with Crippen LogP contribution in [-0.4, -0.2) is 51.9 Å². The fourth-order valence-electron chi connectivity index (χ4n) is 2.57. The molecular formula is C17H22ClN3O7S. The van der Waals surface area contributed by atoms with Crippen LogP contribution in [0.5, 0.6) is 5.75 Å². The number of sulfonamides is 1. The zero-order valence-electron chi connectivity index (χ0n) is 16.3. The van der Waals surface area contributed by atoms with Crippen LogP contribution in [0, 0.1) is 0 Å². The van der Waals surface area contributed by atoms with Crippen LogP contribution in [0.1, 0.15) is 13.3 Å². The Morgan fingerprint density at radius 1 is 1.21 bits per heavy atom. The van der Waals surface area contributed by atoms with Gasteiger partial charge in [-0.2, -0.15) is 0 Å². The SMILES string of the molecule is CCC(COC)Nc1c(Nc2ccc(Cl)c(S(=O)(=O)N(C)OC)c2O)c(=O)c1=O. The molecule has 12 heteroatoms. The van der Waals surface area contributed by atoms with Crippen LogP contribution in [0.3, 0.4) is 0 Å². The molecule has 0 aliphatic carbocycles. The molecule has 3 N–H and O–H groups in total. The Hall–Kier alpha value is -2.18. The van der Waals surface area contributed by atoms with Crippen molar-refractivity contribution in [3.05, 3.63) is 37.6 Å². The lowest BCUT2D eigenvalue weighted by Gasteiger charge is -2.22. The second kappa shape index (κ2) is 9.09. The molecule has 29 heavy (non-hydrogen) atoms. The first-order valence-corrected chi connectivity index (χ1v) is 10.3. The number of phenolic OH excluding ortho intramolecular Hbond substituents is 1. The van der Waals surface area contributed by atoms with Gasteiger partial charge in [0.1, 0.15) is 16.3 Å². The van der Waals surface area contributed by atoms with E-state index in [1.54, 1.807) is 0 Å². The van der Waals surface area contributed by atoms with Gasteiger partial charge < -0.3 is 20.5 Å². The van der Waals surface area contributed by atoms with Crippen LogP contribution >= 0.6 is 11.6 Å². The van der Waals surface area contributed by atoms with Crippen LogP contribution in [0.4, 0.5) is 17.1 Å². The minimum Gasteiger partial charge on any atom is -0.504 e. The highest BCUT2D eigenvalue weighted by Crippen LogP contribution is 2.39. The maximum absolute atomic E-state index is 12.5. The highest BCUT2D eigenvalue weighted by atomic mass is 35.5. The first-order chi connectivity index (χ1) is 13.6. The first kappa shape index (κ1) is 23.1. The lowest BCUT2D eigenvalue weighted by molar-refractivity contribution is -0.0259. The van der Waals surface area contributed by atoms with Gasteiger partial charge in [-0.05, 0) is 18.6 Å². The molecule has 0 heterocycles. The standard InChI is InChI=1S/C17H22ClN3O7S/c1-5-9(8-27-3)19-12-13(16(24)15(12)23)20-11-7-6-10(18)17(14(11)22)29(25,26)21(2)28-4/h6-7,9,19-20,22H,5,8H2,1-4H3. The summed E-state index contributed by atoms with van der Waals surface area (Å²) in [5.41, 5.74) is -1.69. The number of ether oxygens (including phenoxy) is 1. The molecule has 0 aliphatic heterocycles. The van der Waals surface area contributed by atoms with E-state index in [1.807, 2.05) is 6.92 Å². The fourth-order valence-corrected chi connectivity index (χ4v) is 4.14. The van der Waals surface area contributed by atoms with Crippen molar-refractivity contribution in [2.45, 2.75) is 24.3 Å². The van der Waals surface area contributed by atoms with E-state index in [1.165, 1.54) is 19.2 Å². The van der Waals surface area contributed by atoms with E-state index in [2.05, 4.69) is 15.5 Å². The summed E-state index contributed by atoms with van der Waals surface area (Å²) in [7, 11) is -0.502. The summed E-state index contributed by atoms with van der Waals surface area (Å²) in [5.74, 6) is -0.718. The number of nitrogens with zero attached hydrogens (tertiary/aromatic N) is 1. The van der Waals surface area contributed by atoms with Crippen molar-refractivity contribution in [1.82, 2.24) is 4.47 Å². The highest BCUT2D eigenvalue weighted by molar-refractivity contribution is 7.89. The first-order valence-electron chi connectivity index (χ1n) is 8.50. The number of benzene rings is 1. The molecular weight excluding hydrogens is 426 g/mol. The Balaban J connectivity index is 2.45. The van der Waals surface area contributed by atoms with Gasteiger partial charge in [0.2, 0.25) is 0 Å². The quantitative estimate of drug-likeness (QED) is 0.280. The second-order valence-electron chi connectivity index (χ2n) is 6.11. The van der Waals surface area contributed by atoms with Crippen LogP contribution in [0.2, 0.25) is 5.02 Å². The van der Waals surface area contributed by atoms with Crippen molar-refractivity contribution < 1.29 is 23.1 Å². The third kappa shape index (κ3) is 4.38. The predicted molar refractivity (Wildman–Crippen MR) is 109 cm³/mol. The largest absolute Gasteiger partial charge is 0.504 e. The summed E-state index contributed by atoms with van der Waals surface area (Å²) < 4.78 is 30.7. The molecule has 0 saturated carbocycles. The molecule has 0 spiro atoms. The Kier molecular flexibility index (Phi) is 7.25. The van der Waals surface area contributed by atoms with Crippen LogP contribution < -0.4 is 21.5 Å². The van der Waals surface area contributed by atoms with Gasteiger partial charge in [0.05, 0.1) is 24.4 Å². The molecule has 0 radical (unpaired) electrons. The number of aromatic hydroxyl groups is 1. The zero-order chi connectivity index (χ0) is 21.9. The molecule has 1 atom stereocenters. The van der Waals surface area contributed by atoms with Crippen molar-refractivity contribution in [3.63, 3.8) is 0 Å². The van der Waals surface area contributed by atoms with Gasteiger partial charge in [0, 0.05) is 20.2 Å². The highest BCUT2D eigenvalue weighted by Gasteiger charge is 2.30. The van der Waals surface area contributed by atoms with Crippen LogP contribution in [0.25, 0.3) is 0 Å². The van der Waals surface area contributed by atoms with E-state index in [9.17, 15) is 23.1 Å². The fraction of sp³-hybridized carbons (Fsp3) is 0.412. The van der Waals surface area contributed by atoms with Crippen molar-refractivity contribution in [3.8, 4) is 5.75 Å². The van der Waals surface area contributed by atoms with Crippen LogP contribution in [0.15, 0.2) is 26.6 Å². The summed E-state index contributed by atoms with van der Waals surface area (Å²) in [6.07, 6.45) is 0.629. The number of anilines is 3.